The number of aryl methyl sites for hydroxylation is 1. The highest BCUT2D eigenvalue weighted by molar-refractivity contribution is 7.15. The fourth-order valence-electron chi connectivity index (χ4n) is 3.75. The van der Waals surface area contributed by atoms with E-state index in [0.717, 1.165) is 23.8 Å². The monoisotopic (exact) mass is 518 g/mol. The van der Waals surface area contributed by atoms with E-state index in [-0.39, 0.29) is 11.7 Å². The molecule has 0 bridgehead atoms. The minimum absolute atomic E-state index is 0.287. The summed E-state index contributed by atoms with van der Waals surface area (Å²) in [6.45, 7) is 5.39. The number of hydrogen-bond acceptors (Lipinski definition) is 9. The molecule has 1 aliphatic rings. The van der Waals surface area contributed by atoms with Crippen molar-refractivity contribution >= 4 is 28.3 Å². The number of rotatable bonds is 5. The third-order valence-electron chi connectivity index (χ3n) is 5.60. The maximum Gasteiger partial charge on any atom is 0.451 e. The largest absolute Gasteiger partial charge is 0.451 e. The lowest BCUT2D eigenvalue weighted by molar-refractivity contribution is -0.145. The second-order valence-corrected chi connectivity index (χ2v) is 9.53. The molecular weight excluding hydrogens is 497 g/mol. The van der Waals surface area contributed by atoms with Crippen LogP contribution in [0.15, 0.2) is 35.1 Å². The van der Waals surface area contributed by atoms with Gasteiger partial charge in [-0.3, -0.25) is 4.79 Å². The number of benzene rings is 1. The van der Waals surface area contributed by atoms with E-state index in [0.29, 0.717) is 46.3 Å². The molecule has 3 aromatic heterocycles. The molecule has 1 amide bonds. The summed E-state index contributed by atoms with van der Waals surface area (Å²) in [5.74, 6) is -1.29. The van der Waals surface area contributed by atoms with Crippen molar-refractivity contribution in [2.45, 2.75) is 32.2 Å². The van der Waals surface area contributed by atoms with Crippen LogP contribution in [-0.2, 0) is 10.9 Å². The molecule has 1 aliphatic heterocycles. The number of ether oxygens (including phenoxy) is 1. The van der Waals surface area contributed by atoms with Crippen LogP contribution in [0.2, 0.25) is 0 Å². The summed E-state index contributed by atoms with van der Waals surface area (Å²) in [6.07, 6.45) is -1.15. The van der Waals surface area contributed by atoms with Gasteiger partial charge in [0, 0.05) is 53.2 Å². The molecule has 0 spiro atoms. The Morgan fingerprint density at radius 3 is 2.64 bits per heavy atom. The summed E-state index contributed by atoms with van der Waals surface area (Å²) in [4.78, 5) is 30.0. The summed E-state index contributed by atoms with van der Waals surface area (Å²) in [7, 11) is 0. The molecule has 188 valence electrons. The molecular formula is C23H21F3N6O3S. The van der Waals surface area contributed by atoms with Crippen molar-refractivity contribution in [3.8, 4) is 10.6 Å². The molecule has 1 saturated heterocycles. The van der Waals surface area contributed by atoms with Crippen LogP contribution in [-0.4, -0.2) is 45.5 Å². The number of hydrogen-bond donors (Lipinski definition) is 2. The highest BCUT2D eigenvalue weighted by atomic mass is 32.1. The lowest BCUT2D eigenvalue weighted by Gasteiger charge is -2.20. The SMILES string of the molecule is Cc1cnc(-c2cc(C(=O)NC(C)c3cnc(C(F)(F)F)nc3)cc3oc(C4CNCCO4)nc23)s1. The quantitative estimate of drug-likeness (QED) is 0.404. The van der Waals surface area contributed by atoms with Crippen LogP contribution in [0.1, 0.15) is 51.6 Å². The maximum absolute atomic E-state index is 13.1. The van der Waals surface area contributed by atoms with Crippen LogP contribution in [0, 0.1) is 6.92 Å². The number of fused-ring (bicyclic) bond motifs is 1. The Balaban J connectivity index is 1.46. The van der Waals surface area contributed by atoms with E-state index in [1.807, 2.05) is 6.92 Å². The van der Waals surface area contributed by atoms with Gasteiger partial charge in [-0.25, -0.2) is 19.9 Å². The Bertz CT molecular complexity index is 1400. The molecule has 13 heteroatoms. The third kappa shape index (κ3) is 4.94. The average molecular weight is 519 g/mol. The first-order chi connectivity index (χ1) is 17.2. The number of carbonyl (C=O) groups is 1. The fraction of sp³-hybridized carbons (Fsp3) is 0.348. The lowest BCUT2D eigenvalue weighted by Crippen LogP contribution is -2.33. The second kappa shape index (κ2) is 9.56. The van der Waals surface area contributed by atoms with Crippen LogP contribution in [0.5, 0.6) is 0 Å². The minimum Gasteiger partial charge on any atom is -0.438 e. The Hall–Kier alpha value is -3.42. The van der Waals surface area contributed by atoms with Gasteiger partial charge in [0.2, 0.25) is 11.7 Å². The van der Waals surface area contributed by atoms with Gasteiger partial charge in [-0.1, -0.05) is 0 Å². The van der Waals surface area contributed by atoms with E-state index in [2.05, 4.69) is 30.6 Å². The van der Waals surface area contributed by atoms with E-state index in [1.165, 1.54) is 11.3 Å². The first-order valence-corrected chi connectivity index (χ1v) is 11.9. The van der Waals surface area contributed by atoms with Crippen molar-refractivity contribution < 1.29 is 27.1 Å². The van der Waals surface area contributed by atoms with Crippen LogP contribution in [0.25, 0.3) is 21.7 Å². The summed E-state index contributed by atoms with van der Waals surface area (Å²) >= 11 is 1.46. The molecule has 1 aromatic carbocycles. The standard InChI is InChI=1S/C23H21F3N6O3S/c1-11-7-28-21(36-11)15-5-13(6-16-18(15)32-20(35-16)17-10-27-3-4-34-17)19(33)31-12(2)14-8-29-22(30-9-14)23(24,25)26/h5-9,12,17,27H,3-4,10H2,1-2H3,(H,31,33). The van der Waals surface area contributed by atoms with Gasteiger partial charge < -0.3 is 19.8 Å². The summed E-state index contributed by atoms with van der Waals surface area (Å²) < 4.78 is 50.0. The number of carbonyl (C=O) groups excluding carboxylic acids is 1. The number of morpholine rings is 1. The number of nitrogens with zero attached hydrogens (tertiary/aromatic N) is 4. The van der Waals surface area contributed by atoms with Crippen molar-refractivity contribution in [1.82, 2.24) is 30.6 Å². The van der Waals surface area contributed by atoms with Gasteiger partial charge in [-0.15, -0.1) is 11.3 Å². The van der Waals surface area contributed by atoms with Crippen molar-refractivity contribution in [2.24, 2.45) is 0 Å². The Morgan fingerprint density at radius 1 is 1.22 bits per heavy atom. The first kappa shape index (κ1) is 24.3. The van der Waals surface area contributed by atoms with Crippen LogP contribution >= 0.6 is 11.3 Å². The van der Waals surface area contributed by atoms with Crippen LogP contribution < -0.4 is 10.6 Å². The number of halogens is 3. The summed E-state index contributed by atoms with van der Waals surface area (Å²) in [5, 5.41) is 6.69. The Kier molecular flexibility index (Phi) is 6.45. The molecule has 2 unspecified atom stereocenters. The van der Waals surface area contributed by atoms with Crippen molar-refractivity contribution in [1.29, 1.82) is 0 Å². The zero-order chi connectivity index (χ0) is 25.4. The molecule has 4 heterocycles. The Morgan fingerprint density at radius 2 is 2.00 bits per heavy atom. The third-order valence-corrected chi connectivity index (χ3v) is 6.55. The fourth-order valence-corrected chi connectivity index (χ4v) is 4.53. The number of amides is 1. The van der Waals surface area contributed by atoms with E-state index >= 15 is 0 Å². The van der Waals surface area contributed by atoms with Gasteiger partial charge in [-0.05, 0) is 26.0 Å². The Labute approximate surface area is 207 Å². The summed E-state index contributed by atoms with van der Waals surface area (Å²) in [5.41, 5.74) is 2.22. The average Bonchev–Trinajstić information content (AvgIpc) is 3.49. The van der Waals surface area contributed by atoms with Gasteiger partial charge >= 0.3 is 6.18 Å². The molecule has 36 heavy (non-hydrogen) atoms. The molecule has 0 saturated carbocycles. The number of oxazole rings is 1. The molecule has 9 nitrogen and oxygen atoms in total. The molecule has 2 N–H and O–H groups in total. The van der Waals surface area contributed by atoms with Crippen molar-refractivity contribution in [2.75, 3.05) is 19.7 Å². The molecule has 0 aliphatic carbocycles. The molecule has 4 aromatic rings. The van der Waals surface area contributed by atoms with Crippen LogP contribution in [0.4, 0.5) is 13.2 Å². The van der Waals surface area contributed by atoms with Crippen LogP contribution in [0.3, 0.4) is 0 Å². The predicted octanol–water partition coefficient (Wildman–Crippen LogP) is 4.22. The smallest absolute Gasteiger partial charge is 0.438 e. The number of aromatic nitrogens is 4. The topological polar surface area (TPSA) is 115 Å². The molecule has 5 rings (SSSR count). The second-order valence-electron chi connectivity index (χ2n) is 8.30. The molecule has 2 atom stereocenters. The van der Waals surface area contributed by atoms with E-state index in [9.17, 15) is 18.0 Å². The number of thiazole rings is 1. The molecule has 1 fully saturated rings. The van der Waals surface area contributed by atoms with Gasteiger partial charge in [-0.2, -0.15) is 13.2 Å². The predicted molar refractivity (Wildman–Crippen MR) is 124 cm³/mol. The maximum atomic E-state index is 13.1. The van der Waals surface area contributed by atoms with Gasteiger partial charge in [0.25, 0.3) is 5.91 Å². The van der Waals surface area contributed by atoms with E-state index in [4.69, 9.17) is 9.15 Å². The molecule has 0 radical (unpaired) electrons. The normalized spacial score (nSPS) is 17.3. The van der Waals surface area contributed by atoms with Crippen molar-refractivity contribution in [3.05, 3.63) is 58.4 Å². The van der Waals surface area contributed by atoms with Gasteiger partial charge in [0.1, 0.15) is 16.6 Å². The number of nitrogens with one attached hydrogen (secondary N) is 2. The summed E-state index contributed by atoms with van der Waals surface area (Å²) in [6, 6.07) is 2.61. The number of alkyl halides is 3. The zero-order valence-electron chi connectivity index (χ0n) is 19.2. The minimum atomic E-state index is -4.64. The van der Waals surface area contributed by atoms with E-state index < -0.39 is 23.9 Å². The zero-order valence-corrected chi connectivity index (χ0v) is 20.0. The lowest BCUT2D eigenvalue weighted by atomic mass is 10.1. The van der Waals surface area contributed by atoms with E-state index in [1.54, 1.807) is 25.3 Å². The van der Waals surface area contributed by atoms with Crippen molar-refractivity contribution in [3.63, 3.8) is 0 Å². The van der Waals surface area contributed by atoms with Gasteiger partial charge in [0.05, 0.1) is 12.6 Å². The highest BCUT2D eigenvalue weighted by Gasteiger charge is 2.34. The first-order valence-electron chi connectivity index (χ1n) is 11.1. The highest BCUT2D eigenvalue weighted by Crippen LogP contribution is 2.35. The van der Waals surface area contributed by atoms with Gasteiger partial charge in [0.15, 0.2) is 5.58 Å².